The normalized spacial score (nSPS) is 21.9. The van der Waals surface area contributed by atoms with Crippen molar-refractivity contribution in [1.82, 2.24) is 16.0 Å². The molecule has 2 rings (SSSR count). The number of terminal acetylenes is 1. The number of hydrogen-bond donors (Lipinski definition) is 3. The predicted octanol–water partition coefficient (Wildman–Crippen LogP) is 0.528. The van der Waals surface area contributed by atoms with Crippen LogP contribution in [-0.4, -0.2) is 94.4 Å². The second-order valence-corrected chi connectivity index (χ2v) is 8.58. The third-order valence-corrected chi connectivity index (χ3v) is 6.46. The Hall–Kier alpha value is -1.51. The molecule has 0 unspecified atom stereocenters. The van der Waals surface area contributed by atoms with Gasteiger partial charge in [-0.2, -0.15) is 11.8 Å². The second-order valence-electron chi connectivity index (χ2n) is 7.31. The summed E-state index contributed by atoms with van der Waals surface area (Å²) < 4.78 is 21.2. The number of hydrogen-bond acceptors (Lipinski definition) is 7. The molecule has 2 fully saturated rings. The van der Waals surface area contributed by atoms with Gasteiger partial charge in [-0.25, -0.2) is 4.79 Å². The Bertz CT molecular complexity index is 574. The predicted molar refractivity (Wildman–Crippen MR) is 119 cm³/mol. The van der Waals surface area contributed by atoms with Gasteiger partial charge >= 0.3 is 6.03 Å². The Morgan fingerprint density at radius 2 is 1.71 bits per heavy atom. The molecule has 3 N–H and O–H groups in total. The number of ether oxygens (including phenoxy) is 4. The van der Waals surface area contributed by atoms with E-state index in [9.17, 15) is 9.59 Å². The fraction of sp³-hybridized carbons (Fsp3) is 0.810. The number of carbonyl (C=O) groups is 2. The molecule has 0 aromatic rings. The van der Waals surface area contributed by atoms with E-state index in [-0.39, 0.29) is 24.0 Å². The van der Waals surface area contributed by atoms with E-state index >= 15 is 0 Å². The average Bonchev–Trinajstić information content (AvgIpc) is 3.30. The van der Waals surface area contributed by atoms with Gasteiger partial charge in [0.2, 0.25) is 5.91 Å². The smallest absolute Gasteiger partial charge is 0.315 e. The highest BCUT2D eigenvalue weighted by atomic mass is 32.2. The number of amides is 3. The molecule has 0 radical (unpaired) electrons. The summed E-state index contributed by atoms with van der Waals surface area (Å²) in [6.45, 7) is 4.22. The maximum Gasteiger partial charge on any atom is 0.315 e. The maximum atomic E-state index is 11.9. The highest BCUT2D eigenvalue weighted by Gasteiger charge is 2.42. The van der Waals surface area contributed by atoms with Crippen LogP contribution in [0, 0.1) is 12.3 Å². The lowest BCUT2D eigenvalue weighted by Crippen LogP contribution is -2.36. The third-order valence-electron chi connectivity index (χ3n) is 4.95. The number of urea groups is 1. The molecule has 2 heterocycles. The van der Waals surface area contributed by atoms with Gasteiger partial charge in [-0.3, -0.25) is 4.79 Å². The van der Waals surface area contributed by atoms with E-state index in [0.29, 0.717) is 71.1 Å². The van der Waals surface area contributed by atoms with Crippen molar-refractivity contribution in [2.75, 3.05) is 65.2 Å². The molecule has 0 bridgehead atoms. The first-order valence-corrected chi connectivity index (χ1v) is 12.0. The zero-order chi connectivity index (χ0) is 22.2. The van der Waals surface area contributed by atoms with Gasteiger partial charge in [0.1, 0.15) is 6.61 Å². The second kappa shape index (κ2) is 16.2. The summed E-state index contributed by atoms with van der Waals surface area (Å²) in [4.78, 5) is 23.3. The monoisotopic (exact) mass is 457 g/mol. The summed E-state index contributed by atoms with van der Waals surface area (Å²) in [5, 5.41) is 9.26. The standard InChI is InChI=1S/C21H35N3O6S/c1-2-8-27-10-12-29-14-15-30-13-11-28-9-7-22-19(25)6-4-3-5-18-20-17(16-31-18)23-21(26)24-20/h1,17-18,20H,3-16H2,(H,22,25)(H2,23,24,26)/t17-,18-,20-/m1/s1. The Morgan fingerprint density at radius 1 is 1.03 bits per heavy atom. The first kappa shape index (κ1) is 25.7. The van der Waals surface area contributed by atoms with Crippen molar-refractivity contribution in [2.24, 2.45) is 0 Å². The topological polar surface area (TPSA) is 107 Å². The van der Waals surface area contributed by atoms with Crippen LogP contribution >= 0.6 is 11.8 Å². The van der Waals surface area contributed by atoms with Gasteiger partial charge in [0.05, 0.1) is 58.3 Å². The SMILES string of the molecule is C#CCOCCOCCOCCOCCNC(=O)CCCC[C@H]1SC[C@H]2NC(=O)N[C@H]21. The van der Waals surface area contributed by atoms with Crippen LogP contribution < -0.4 is 16.0 Å². The summed E-state index contributed by atoms with van der Waals surface area (Å²) >= 11 is 1.90. The fourth-order valence-electron chi connectivity index (χ4n) is 3.42. The van der Waals surface area contributed by atoms with Crippen molar-refractivity contribution in [3.05, 3.63) is 0 Å². The maximum absolute atomic E-state index is 11.9. The fourth-order valence-corrected chi connectivity index (χ4v) is 4.96. The summed E-state index contributed by atoms with van der Waals surface area (Å²) in [6, 6.07) is 0.439. The van der Waals surface area contributed by atoms with Crippen LogP contribution in [0.25, 0.3) is 0 Å². The van der Waals surface area contributed by atoms with E-state index in [1.807, 2.05) is 11.8 Å². The third kappa shape index (κ3) is 11.1. The van der Waals surface area contributed by atoms with Gasteiger partial charge in [0.15, 0.2) is 0 Å². The summed E-state index contributed by atoms with van der Waals surface area (Å²) in [7, 11) is 0. The minimum Gasteiger partial charge on any atom is -0.377 e. The molecule has 0 aliphatic carbocycles. The number of nitrogens with one attached hydrogen (secondary N) is 3. The molecular formula is C21H35N3O6S. The highest BCUT2D eigenvalue weighted by molar-refractivity contribution is 8.00. The molecule has 2 aliphatic heterocycles. The number of unbranched alkanes of at least 4 members (excludes halogenated alkanes) is 1. The van der Waals surface area contributed by atoms with E-state index in [0.717, 1.165) is 25.0 Å². The van der Waals surface area contributed by atoms with E-state index in [1.165, 1.54) is 0 Å². The summed E-state index contributed by atoms with van der Waals surface area (Å²) in [5.74, 6) is 3.41. The van der Waals surface area contributed by atoms with Crippen molar-refractivity contribution in [3.8, 4) is 12.3 Å². The van der Waals surface area contributed by atoms with E-state index in [2.05, 4.69) is 21.9 Å². The number of carbonyl (C=O) groups excluding carboxylic acids is 2. The molecule has 3 atom stereocenters. The van der Waals surface area contributed by atoms with Crippen LogP contribution in [-0.2, 0) is 23.7 Å². The first-order valence-electron chi connectivity index (χ1n) is 10.9. The van der Waals surface area contributed by atoms with Gasteiger partial charge < -0.3 is 34.9 Å². The molecule has 2 saturated heterocycles. The highest BCUT2D eigenvalue weighted by Crippen LogP contribution is 2.33. The van der Waals surface area contributed by atoms with Crippen LogP contribution in [0.5, 0.6) is 0 Å². The molecule has 2 aliphatic rings. The van der Waals surface area contributed by atoms with Gasteiger partial charge in [-0.15, -0.1) is 6.42 Å². The molecule has 10 heteroatoms. The van der Waals surface area contributed by atoms with E-state index < -0.39 is 0 Å². The number of rotatable bonds is 18. The lowest BCUT2D eigenvalue weighted by Gasteiger charge is -2.16. The first-order chi connectivity index (χ1) is 15.2. The molecule has 3 amide bonds. The number of fused-ring (bicyclic) bond motifs is 1. The lowest BCUT2D eigenvalue weighted by molar-refractivity contribution is -0.121. The van der Waals surface area contributed by atoms with Crippen molar-refractivity contribution < 1.29 is 28.5 Å². The van der Waals surface area contributed by atoms with Crippen LogP contribution in [0.1, 0.15) is 25.7 Å². The van der Waals surface area contributed by atoms with Gasteiger partial charge in [0.25, 0.3) is 0 Å². The largest absolute Gasteiger partial charge is 0.377 e. The zero-order valence-electron chi connectivity index (χ0n) is 18.1. The van der Waals surface area contributed by atoms with Crippen LogP contribution in [0.2, 0.25) is 0 Å². The quantitative estimate of drug-likeness (QED) is 0.157. The van der Waals surface area contributed by atoms with Crippen molar-refractivity contribution >= 4 is 23.7 Å². The van der Waals surface area contributed by atoms with Crippen molar-refractivity contribution in [3.63, 3.8) is 0 Å². The molecule has 0 saturated carbocycles. The molecule has 176 valence electrons. The molecule has 0 aromatic heterocycles. The van der Waals surface area contributed by atoms with Crippen LogP contribution in [0.3, 0.4) is 0 Å². The average molecular weight is 458 g/mol. The Morgan fingerprint density at radius 3 is 2.42 bits per heavy atom. The molecule has 0 aromatic carbocycles. The van der Waals surface area contributed by atoms with Crippen LogP contribution in [0.15, 0.2) is 0 Å². The lowest BCUT2D eigenvalue weighted by atomic mass is 10.0. The van der Waals surface area contributed by atoms with Crippen molar-refractivity contribution in [2.45, 2.75) is 43.0 Å². The molecule has 0 spiro atoms. The molecular weight excluding hydrogens is 422 g/mol. The molecule has 31 heavy (non-hydrogen) atoms. The van der Waals surface area contributed by atoms with Crippen molar-refractivity contribution in [1.29, 1.82) is 0 Å². The summed E-state index contributed by atoms with van der Waals surface area (Å²) in [5.41, 5.74) is 0. The minimum atomic E-state index is -0.0548. The van der Waals surface area contributed by atoms with E-state index in [4.69, 9.17) is 25.4 Å². The Balaban J connectivity index is 1.30. The Labute approximate surface area is 189 Å². The zero-order valence-corrected chi connectivity index (χ0v) is 18.9. The summed E-state index contributed by atoms with van der Waals surface area (Å²) in [6.07, 6.45) is 8.45. The van der Waals surface area contributed by atoms with Gasteiger partial charge in [-0.1, -0.05) is 12.3 Å². The minimum absolute atomic E-state index is 0.0519. The van der Waals surface area contributed by atoms with E-state index in [1.54, 1.807) is 0 Å². The Kier molecular flexibility index (Phi) is 13.4. The van der Waals surface area contributed by atoms with Crippen LogP contribution in [0.4, 0.5) is 4.79 Å². The number of thioether (sulfide) groups is 1. The van der Waals surface area contributed by atoms with Gasteiger partial charge in [-0.05, 0) is 12.8 Å². The molecule has 9 nitrogen and oxygen atoms in total. The van der Waals surface area contributed by atoms with Gasteiger partial charge in [0, 0.05) is 24.0 Å².